The molecule has 2 fully saturated rings. The molecule has 13 N–H and O–H groups in total. The van der Waals surface area contributed by atoms with E-state index in [2.05, 4.69) is 5.32 Å². The van der Waals surface area contributed by atoms with Crippen LogP contribution >= 0.6 is 0 Å². The van der Waals surface area contributed by atoms with Gasteiger partial charge in [0.1, 0.15) is 42.7 Å². The van der Waals surface area contributed by atoms with E-state index in [1.807, 2.05) is 0 Å². The molecule has 0 aromatic rings. The van der Waals surface area contributed by atoms with Crippen LogP contribution in [0.25, 0.3) is 0 Å². The first-order valence-corrected chi connectivity index (χ1v) is 9.46. The van der Waals surface area contributed by atoms with Gasteiger partial charge in [0.2, 0.25) is 5.91 Å². The first-order valence-electron chi connectivity index (χ1n) is 9.46. The van der Waals surface area contributed by atoms with E-state index in [1.165, 1.54) is 0 Å². The Morgan fingerprint density at radius 2 is 1.79 bits per heavy atom. The van der Waals surface area contributed by atoms with Gasteiger partial charge in [-0.25, -0.2) is 0 Å². The molecule has 13 nitrogen and oxygen atoms in total. The van der Waals surface area contributed by atoms with E-state index in [9.17, 15) is 35.4 Å². The highest BCUT2D eigenvalue weighted by atomic mass is 16.7. The fraction of sp³-hybridized carbons (Fsp3) is 0.938. The van der Waals surface area contributed by atoms with Crippen molar-refractivity contribution in [1.82, 2.24) is 5.32 Å². The van der Waals surface area contributed by atoms with Crippen molar-refractivity contribution in [2.45, 2.75) is 80.0 Å². The number of carbonyl (C=O) groups excluding carboxylic acids is 1. The molecule has 0 spiro atoms. The summed E-state index contributed by atoms with van der Waals surface area (Å²) in [5.74, 6) is -0.751. The predicted octanol–water partition coefficient (Wildman–Crippen LogP) is -6.21. The monoisotopic (exact) mass is 424 g/mol. The van der Waals surface area contributed by atoms with Crippen LogP contribution in [0.3, 0.4) is 0 Å². The number of aliphatic hydroxyl groups is 6. The summed E-state index contributed by atoms with van der Waals surface area (Å²) in [6, 6.07) is -3.02. The van der Waals surface area contributed by atoms with Gasteiger partial charge in [-0.3, -0.25) is 4.79 Å². The van der Waals surface area contributed by atoms with E-state index in [4.69, 9.17) is 26.7 Å². The van der Waals surface area contributed by atoms with Crippen LogP contribution in [0.15, 0.2) is 0 Å². The lowest BCUT2D eigenvalue weighted by atomic mass is 9.84. The maximum absolute atomic E-state index is 11.9. The van der Waals surface area contributed by atoms with E-state index in [0.717, 1.165) is 0 Å². The normalized spacial score (nSPS) is 44.3. The molecule has 0 bridgehead atoms. The summed E-state index contributed by atoms with van der Waals surface area (Å²) < 4.78 is 10.9. The molecule has 13 heteroatoms. The molecule has 1 amide bonds. The molecule has 11 atom stereocenters. The molecule has 170 valence electrons. The van der Waals surface area contributed by atoms with Crippen LogP contribution in [0.5, 0.6) is 0 Å². The topological polar surface area (TPSA) is 247 Å². The maximum Gasteiger partial charge on any atom is 0.249 e. The lowest BCUT2D eigenvalue weighted by molar-refractivity contribution is -0.294. The number of aliphatic hydroxyl groups excluding tert-OH is 6. The average molecular weight is 424 g/mol. The van der Waals surface area contributed by atoms with Gasteiger partial charge in [0.05, 0.1) is 18.7 Å². The number of nitrogens with two attached hydrogens (primary N) is 3. The van der Waals surface area contributed by atoms with E-state index < -0.39 is 79.7 Å². The van der Waals surface area contributed by atoms with Gasteiger partial charge in [0.15, 0.2) is 6.29 Å². The van der Waals surface area contributed by atoms with Gasteiger partial charge in [-0.15, -0.1) is 0 Å². The summed E-state index contributed by atoms with van der Waals surface area (Å²) in [5, 5.41) is 62.0. The number of nitrogens with one attached hydrogen (secondary N) is 1. The molecule has 2 rings (SSSR count). The van der Waals surface area contributed by atoms with Crippen molar-refractivity contribution in [2.75, 3.05) is 13.2 Å². The lowest BCUT2D eigenvalue weighted by Crippen LogP contribution is -2.68. The van der Waals surface area contributed by atoms with Crippen molar-refractivity contribution in [3.63, 3.8) is 0 Å². The van der Waals surface area contributed by atoms with Gasteiger partial charge in [0.25, 0.3) is 0 Å². The molecule has 0 radical (unpaired) electrons. The van der Waals surface area contributed by atoms with Crippen LogP contribution in [0.1, 0.15) is 12.8 Å². The van der Waals surface area contributed by atoms with Crippen molar-refractivity contribution < 1.29 is 44.9 Å². The van der Waals surface area contributed by atoms with Crippen molar-refractivity contribution in [1.29, 1.82) is 0 Å². The van der Waals surface area contributed by atoms with Crippen molar-refractivity contribution in [3.05, 3.63) is 0 Å². The number of hydrogen-bond donors (Lipinski definition) is 10. The van der Waals surface area contributed by atoms with Gasteiger partial charge >= 0.3 is 0 Å². The van der Waals surface area contributed by atoms with Gasteiger partial charge in [0, 0.05) is 6.04 Å². The minimum absolute atomic E-state index is 0.000539. The molecular formula is C16H32N4O9. The Kier molecular flexibility index (Phi) is 8.69. The van der Waals surface area contributed by atoms with Crippen LogP contribution in [0.2, 0.25) is 0 Å². The average Bonchev–Trinajstić information content (AvgIpc) is 2.69. The lowest BCUT2D eigenvalue weighted by Gasteiger charge is -2.46. The van der Waals surface area contributed by atoms with E-state index in [-0.39, 0.29) is 19.4 Å². The quantitative estimate of drug-likeness (QED) is 0.183. The molecule has 1 aliphatic heterocycles. The van der Waals surface area contributed by atoms with Crippen molar-refractivity contribution in [2.24, 2.45) is 17.2 Å². The fourth-order valence-electron chi connectivity index (χ4n) is 3.53. The summed E-state index contributed by atoms with van der Waals surface area (Å²) in [7, 11) is 0. The zero-order valence-corrected chi connectivity index (χ0v) is 15.8. The summed E-state index contributed by atoms with van der Waals surface area (Å²) in [5.41, 5.74) is 17.1. The summed E-state index contributed by atoms with van der Waals surface area (Å²) in [6.45, 7) is -0.511. The molecular weight excluding hydrogens is 392 g/mol. The number of carbonyl (C=O) groups is 1. The third-order valence-corrected chi connectivity index (χ3v) is 5.34. The third-order valence-electron chi connectivity index (χ3n) is 5.34. The first-order chi connectivity index (χ1) is 13.6. The molecule has 0 aromatic carbocycles. The zero-order valence-electron chi connectivity index (χ0n) is 15.8. The fourth-order valence-corrected chi connectivity index (χ4v) is 3.53. The second-order valence-electron chi connectivity index (χ2n) is 7.47. The molecule has 1 heterocycles. The summed E-state index contributed by atoms with van der Waals surface area (Å²) in [4.78, 5) is 11.9. The molecule has 1 aliphatic carbocycles. The maximum atomic E-state index is 11.9. The van der Waals surface area contributed by atoms with Gasteiger partial charge in [-0.2, -0.15) is 0 Å². The van der Waals surface area contributed by atoms with Crippen LogP contribution in [-0.4, -0.2) is 117 Å². The molecule has 2 aliphatic rings. The molecule has 29 heavy (non-hydrogen) atoms. The zero-order chi connectivity index (χ0) is 21.9. The predicted molar refractivity (Wildman–Crippen MR) is 96.8 cm³/mol. The van der Waals surface area contributed by atoms with Crippen molar-refractivity contribution in [3.8, 4) is 0 Å². The van der Waals surface area contributed by atoms with Crippen molar-refractivity contribution >= 4 is 5.91 Å². The standard InChI is InChI=1S/C16H32N4O9/c17-2-1-7(22)15(27)20-6-3-5(18)14(13(26)10(6)23)29-16-9(19)12(25)11(24)8(4-21)28-16/h5-14,16,21-26H,1-4,17-19H2,(H,20,27)/t5?,6-,7+,8?,9?,10?,11-,12-,13?,14-,16-/m1/s1. The van der Waals surface area contributed by atoms with E-state index >= 15 is 0 Å². The minimum atomic E-state index is -1.55. The highest BCUT2D eigenvalue weighted by Gasteiger charge is 2.48. The van der Waals surface area contributed by atoms with Crippen LogP contribution < -0.4 is 22.5 Å². The molecule has 1 saturated carbocycles. The van der Waals surface area contributed by atoms with Crippen LogP contribution in [0, 0.1) is 0 Å². The molecule has 1 saturated heterocycles. The van der Waals surface area contributed by atoms with Gasteiger partial charge in [-0.1, -0.05) is 0 Å². The molecule has 0 aromatic heterocycles. The second-order valence-corrected chi connectivity index (χ2v) is 7.47. The minimum Gasteiger partial charge on any atom is -0.394 e. The number of amides is 1. The highest BCUT2D eigenvalue weighted by Crippen LogP contribution is 2.27. The van der Waals surface area contributed by atoms with Crippen LogP contribution in [-0.2, 0) is 14.3 Å². The first kappa shape index (κ1) is 24.3. The van der Waals surface area contributed by atoms with E-state index in [1.54, 1.807) is 0 Å². The van der Waals surface area contributed by atoms with Crippen LogP contribution in [0.4, 0.5) is 0 Å². The number of hydrogen-bond acceptors (Lipinski definition) is 12. The third kappa shape index (κ3) is 5.39. The summed E-state index contributed by atoms with van der Waals surface area (Å²) in [6.07, 6.45) is -10.9. The second kappa shape index (κ2) is 10.4. The smallest absolute Gasteiger partial charge is 0.249 e. The summed E-state index contributed by atoms with van der Waals surface area (Å²) >= 11 is 0. The Morgan fingerprint density at radius 1 is 1.14 bits per heavy atom. The Bertz CT molecular complexity index is 543. The molecule has 5 unspecified atom stereocenters. The SMILES string of the molecule is NCC[C@H](O)C(=O)N[C@@H]1CC(N)[C@@H](O[C@H]2OC(CO)[C@@H](O)[C@H](O)C2N)C(O)C1O. The Balaban J connectivity index is 2.02. The highest BCUT2D eigenvalue weighted by molar-refractivity contribution is 5.80. The van der Waals surface area contributed by atoms with Gasteiger partial charge < -0.3 is 62.6 Å². The Morgan fingerprint density at radius 3 is 2.38 bits per heavy atom. The number of ether oxygens (including phenoxy) is 2. The largest absolute Gasteiger partial charge is 0.394 e. The Hall–Kier alpha value is -0.970. The van der Waals surface area contributed by atoms with E-state index in [0.29, 0.717) is 0 Å². The Labute approximate surface area is 167 Å². The number of rotatable bonds is 7. The van der Waals surface area contributed by atoms with Gasteiger partial charge in [-0.05, 0) is 19.4 Å².